The normalized spacial score (nSPS) is 16.8. The smallest absolute Gasteiger partial charge is 0.333 e. The summed E-state index contributed by atoms with van der Waals surface area (Å²) in [5.74, 6) is -1.76. The lowest BCUT2D eigenvalue weighted by Crippen LogP contribution is -2.34. The molecular formula is C22H17ClN4O5S2. The number of nitrogens with one attached hydrogen (secondary N) is 4. The van der Waals surface area contributed by atoms with E-state index in [-0.39, 0.29) is 20.0 Å². The third kappa shape index (κ3) is 4.13. The van der Waals surface area contributed by atoms with Crippen molar-refractivity contribution in [3.8, 4) is 0 Å². The Kier molecular flexibility index (Phi) is 5.54. The predicted octanol–water partition coefficient (Wildman–Crippen LogP) is 3.80. The lowest BCUT2D eigenvalue weighted by Gasteiger charge is -2.24. The molecule has 2 aliphatic heterocycles. The molecule has 1 unspecified atom stereocenters. The summed E-state index contributed by atoms with van der Waals surface area (Å²) < 4.78 is 26.6. The Labute approximate surface area is 203 Å². The SMILES string of the molecule is O=C(Nc1ccc(C2C(=O)Nc3cc4c(cc3C2=O)CCN4)cc1)NS(=O)(=O)c1ccc(Cl)s1. The van der Waals surface area contributed by atoms with Gasteiger partial charge in [0.2, 0.25) is 5.91 Å². The van der Waals surface area contributed by atoms with Crippen molar-refractivity contribution in [2.24, 2.45) is 0 Å². The van der Waals surface area contributed by atoms with E-state index in [1.54, 1.807) is 18.2 Å². The first-order chi connectivity index (χ1) is 16.2. The molecular weight excluding hydrogens is 500 g/mol. The van der Waals surface area contributed by atoms with Gasteiger partial charge >= 0.3 is 6.03 Å². The highest BCUT2D eigenvalue weighted by molar-refractivity contribution is 7.92. The van der Waals surface area contributed by atoms with Gasteiger partial charge in [0.1, 0.15) is 10.1 Å². The molecule has 12 heteroatoms. The third-order valence-electron chi connectivity index (χ3n) is 5.54. The zero-order chi connectivity index (χ0) is 24.0. The van der Waals surface area contributed by atoms with Gasteiger partial charge in [-0.15, -0.1) is 11.3 Å². The Morgan fingerprint density at radius 1 is 1.06 bits per heavy atom. The Balaban J connectivity index is 1.31. The second-order valence-corrected chi connectivity index (χ2v) is 11.4. The highest BCUT2D eigenvalue weighted by Crippen LogP contribution is 2.37. The summed E-state index contributed by atoms with van der Waals surface area (Å²) in [6, 6.07) is 11.4. The molecule has 4 N–H and O–H groups in total. The summed E-state index contributed by atoms with van der Waals surface area (Å²) >= 11 is 6.58. The van der Waals surface area contributed by atoms with Crippen LogP contribution in [0.5, 0.6) is 0 Å². The molecule has 1 atom stereocenters. The molecule has 34 heavy (non-hydrogen) atoms. The first kappa shape index (κ1) is 22.4. The van der Waals surface area contributed by atoms with Crippen LogP contribution in [0.15, 0.2) is 52.7 Å². The molecule has 0 fully saturated rings. The van der Waals surface area contributed by atoms with Crippen molar-refractivity contribution in [2.75, 3.05) is 22.5 Å². The van der Waals surface area contributed by atoms with E-state index in [0.29, 0.717) is 16.8 Å². The standard InChI is InChI=1S/C22H17ClN4O5S2/c23-17-5-6-18(33-17)34(31,32)27-22(30)25-13-3-1-11(2-4-13)19-20(28)14-9-12-7-8-24-15(12)10-16(14)26-21(19)29/h1-6,9-10,19,24H,7-8H2,(H,26,29)(H2,25,27,30). The van der Waals surface area contributed by atoms with E-state index >= 15 is 0 Å². The minimum absolute atomic E-state index is 0.0912. The van der Waals surface area contributed by atoms with E-state index in [0.717, 1.165) is 35.6 Å². The van der Waals surface area contributed by atoms with Gasteiger partial charge in [0.05, 0.1) is 10.0 Å². The van der Waals surface area contributed by atoms with Crippen LogP contribution in [0.4, 0.5) is 21.9 Å². The predicted molar refractivity (Wildman–Crippen MR) is 129 cm³/mol. The Morgan fingerprint density at radius 3 is 2.53 bits per heavy atom. The van der Waals surface area contributed by atoms with Crippen molar-refractivity contribution in [1.29, 1.82) is 0 Å². The third-order valence-corrected chi connectivity index (χ3v) is 8.60. The first-order valence-electron chi connectivity index (χ1n) is 10.2. The van der Waals surface area contributed by atoms with Gasteiger partial charge in [-0.05, 0) is 53.9 Å². The quantitative estimate of drug-likeness (QED) is 0.390. The zero-order valence-corrected chi connectivity index (χ0v) is 19.7. The van der Waals surface area contributed by atoms with Gasteiger partial charge in [0.25, 0.3) is 10.0 Å². The lowest BCUT2D eigenvalue weighted by atomic mass is 9.85. The number of Topliss-reactive ketones (excluding diaryl/α,β-unsaturated/α-hetero) is 1. The van der Waals surface area contributed by atoms with Crippen LogP contribution in [0.3, 0.4) is 0 Å². The maximum atomic E-state index is 13.1. The first-order valence-corrected chi connectivity index (χ1v) is 12.8. The average molecular weight is 517 g/mol. The number of halogens is 1. The molecule has 1 aromatic heterocycles. The van der Waals surface area contributed by atoms with Gasteiger partial charge < -0.3 is 16.0 Å². The average Bonchev–Trinajstić information content (AvgIpc) is 3.42. The molecule has 3 amide bonds. The monoisotopic (exact) mass is 516 g/mol. The Morgan fingerprint density at radius 2 is 1.82 bits per heavy atom. The molecule has 0 radical (unpaired) electrons. The summed E-state index contributed by atoms with van der Waals surface area (Å²) in [7, 11) is -4.06. The highest BCUT2D eigenvalue weighted by Gasteiger charge is 2.36. The van der Waals surface area contributed by atoms with Crippen LogP contribution < -0.4 is 20.7 Å². The van der Waals surface area contributed by atoms with Crippen LogP contribution in [0.25, 0.3) is 0 Å². The molecule has 2 aromatic carbocycles. The number of ketones is 1. The summed E-state index contributed by atoms with van der Waals surface area (Å²) in [4.78, 5) is 38.0. The fraction of sp³-hybridized carbons (Fsp3) is 0.136. The fourth-order valence-corrected chi connectivity index (χ4v) is 6.36. The summed E-state index contributed by atoms with van der Waals surface area (Å²) in [6.07, 6.45) is 0.812. The molecule has 0 spiro atoms. The zero-order valence-electron chi connectivity index (χ0n) is 17.3. The van der Waals surface area contributed by atoms with Gasteiger partial charge in [0, 0.05) is 23.5 Å². The van der Waals surface area contributed by atoms with E-state index in [1.807, 2.05) is 10.8 Å². The van der Waals surface area contributed by atoms with Crippen molar-refractivity contribution in [3.05, 3.63) is 69.6 Å². The molecule has 5 rings (SSSR count). The highest BCUT2D eigenvalue weighted by atomic mass is 35.5. The van der Waals surface area contributed by atoms with E-state index in [4.69, 9.17) is 11.6 Å². The van der Waals surface area contributed by atoms with E-state index in [1.165, 1.54) is 24.3 Å². The van der Waals surface area contributed by atoms with Gasteiger partial charge in [-0.2, -0.15) is 0 Å². The number of rotatable bonds is 4. The second-order valence-electron chi connectivity index (χ2n) is 7.76. The van der Waals surface area contributed by atoms with Gasteiger partial charge in [-0.1, -0.05) is 23.7 Å². The lowest BCUT2D eigenvalue weighted by molar-refractivity contribution is -0.116. The van der Waals surface area contributed by atoms with Crippen molar-refractivity contribution in [2.45, 2.75) is 16.5 Å². The Hall–Kier alpha value is -3.41. The molecule has 9 nitrogen and oxygen atoms in total. The minimum Gasteiger partial charge on any atom is -0.384 e. The van der Waals surface area contributed by atoms with E-state index in [2.05, 4.69) is 16.0 Å². The van der Waals surface area contributed by atoms with Crippen LogP contribution in [0, 0.1) is 0 Å². The van der Waals surface area contributed by atoms with Crippen molar-refractivity contribution in [3.63, 3.8) is 0 Å². The largest absolute Gasteiger partial charge is 0.384 e. The molecule has 0 saturated carbocycles. The number of thiophene rings is 1. The Bertz CT molecular complexity index is 1450. The van der Waals surface area contributed by atoms with Crippen LogP contribution in [-0.4, -0.2) is 32.7 Å². The fourth-order valence-electron chi connectivity index (χ4n) is 3.97. The number of sulfonamides is 1. The number of hydrogen-bond acceptors (Lipinski definition) is 7. The van der Waals surface area contributed by atoms with Crippen molar-refractivity contribution in [1.82, 2.24) is 4.72 Å². The number of carbonyl (C=O) groups is 3. The number of anilines is 3. The van der Waals surface area contributed by atoms with E-state index in [9.17, 15) is 22.8 Å². The maximum absolute atomic E-state index is 13.1. The van der Waals surface area contributed by atoms with Crippen LogP contribution in [-0.2, 0) is 21.2 Å². The number of hydrogen-bond donors (Lipinski definition) is 4. The minimum atomic E-state index is -4.06. The molecule has 174 valence electrons. The van der Waals surface area contributed by atoms with Crippen molar-refractivity contribution >= 4 is 67.7 Å². The molecule has 0 bridgehead atoms. The molecule has 0 saturated heterocycles. The number of carbonyl (C=O) groups excluding carboxylic acids is 3. The summed E-state index contributed by atoms with van der Waals surface area (Å²) in [6.45, 7) is 0.786. The van der Waals surface area contributed by atoms with Crippen molar-refractivity contribution < 1.29 is 22.8 Å². The maximum Gasteiger partial charge on any atom is 0.333 e. The number of amides is 3. The van der Waals surface area contributed by atoms with E-state index < -0.39 is 27.9 Å². The summed E-state index contributed by atoms with van der Waals surface area (Å²) in [5, 5.41) is 8.45. The van der Waals surface area contributed by atoms with Gasteiger partial charge in [-0.25, -0.2) is 17.9 Å². The molecule has 2 aliphatic rings. The number of benzene rings is 2. The number of fused-ring (bicyclic) bond motifs is 2. The second kappa shape index (κ2) is 8.42. The summed E-state index contributed by atoms with van der Waals surface area (Å²) in [5.41, 5.74) is 3.65. The topological polar surface area (TPSA) is 133 Å². The molecule has 0 aliphatic carbocycles. The van der Waals surface area contributed by atoms with Gasteiger partial charge in [-0.3, -0.25) is 9.59 Å². The molecule has 3 heterocycles. The van der Waals surface area contributed by atoms with Crippen LogP contribution >= 0.6 is 22.9 Å². The van der Waals surface area contributed by atoms with Crippen LogP contribution in [0.2, 0.25) is 4.34 Å². The number of urea groups is 1. The van der Waals surface area contributed by atoms with Gasteiger partial charge in [0.15, 0.2) is 5.78 Å². The van der Waals surface area contributed by atoms with Crippen LogP contribution in [0.1, 0.15) is 27.4 Å². The molecule has 3 aromatic rings.